The van der Waals surface area contributed by atoms with Crippen molar-refractivity contribution < 1.29 is 4.79 Å². The Bertz CT molecular complexity index is 838. The quantitative estimate of drug-likeness (QED) is 0.827. The van der Waals surface area contributed by atoms with Gasteiger partial charge in [0, 0.05) is 36.8 Å². The molecule has 0 atom stereocenters. The molecule has 1 N–H and O–H groups in total. The zero-order chi connectivity index (χ0) is 18.9. The monoisotopic (exact) mass is 380 g/mol. The van der Waals surface area contributed by atoms with Crippen LogP contribution < -0.4 is 5.32 Å². The lowest BCUT2D eigenvalue weighted by molar-refractivity contribution is -0.118. The minimum absolute atomic E-state index is 0.136. The maximum atomic E-state index is 13.0. The molecule has 4 heteroatoms. The van der Waals surface area contributed by atoms with E-state index in [0.717, 1.165) is 36.2 Å². The first-order valence-corrected chi connectivity index (χ1v) is 11.0. The second kappa shape index (κ2) is 7.69. The van der Waals surface area contributed by atoms with Crippen molar-refractivity contribution in [3.05, 3.63) is 64.7 Å². The van der Waals surface area contributed by atoms with Crippen molar-refractivity contribution in [1.82, 2.24) is 4.90 Å². The Morgan fingerprint density at radius 1 is 1.11 bits per heavy atom. The number of benzene rings is 2. The van der Waals surface area contributed by atoms with E-state index in [0.29, 0.717) is 0 Å². The van der Waals surface area contributed by atoms with Crippen molar-refractivity contribution in [2.45, 2.75) is 38.6 Å². The Morgan fingerprint density at radius 2 is 1.89 bits per heavy atom. The largest absolute Gasteiger partial charge is 0.325 e. The van der Waals surface area contributed by atoms with E-state index in [2.05, 4.69) is 66.5 Å². The lowest BCUT2D eigenvalue weighted by atomic mass is 9.93. The van der Waals surface area contributed by atoms with Crippen molar-refractivity contribution in [2.24, 2.45) is 0 Å². The molecule has 2 aromatic carbocycles. The van der Waals surface area contributed by atoms with Gasteiger partial charge in [-0.25, -0.2) is 0 Å². The van der Waals surface area contributed by atoms with E-state index in [1.54, 1.807) is 0 Å². The third-order valence-electron chi connectivity index (χ3n) is 5.80. The smallest absolute Gasteiger partial charge is 0.235 e. The molecule has 1 heterocycles. The van der Waals surface area contributed by atoms with Crippen molar-refractivity contribution in [3.8, 4) is 0 Å². The van der Waals surface area contributed by atoms with Gasteiger partial charge in [0.05, 0.1) is 5.41 Å². The first-order chi connectivity index (χ1) is 13.1. The molecule has 1 aliphatic carbocycles. The highest BCUT2D eigenvalue weighted by atomic mass is 32.2. The lowest BCUT2D eigenvalue weighted by Gasteiger charge is -2.26. The summed E-state index contributed by atoms with van der Waals surface area (Å²) < 4.78 is 0. The van der Waals surface area contributed by atoms with Gasteiger partial charge in [0.25, 0.3) is 0 Å². The Labute approximate surface area is 166 Å². The van der Waals surface area contributed by atoms with Gasteiger partial charge in [-0.3, -0.25) is 9.69 Å². The highest BCUT2D eigenvalue weighted by Crippen LogP contribution is 2.49. The van der Waals surface area contributed by atoms with Crippen molar-refractivity contribution in [1.29, 1.82) is 0 Å². The molecule has 2 aliphatic rings. The van der Waals surface area contributed by atoms with Gasteiger partial charge in [0.15, 0.2) is 0 Å². The molecule has 0 bridgehead atoms. The van der Waals surface area contributed by atoms with E-state index >= 15 is 0 Å². The summed E-state index contributed by atoms with van der Waals surface area (Å²) in [7, 11) is 0. The molecule has 3 nitrogen and oxygen atoms in total. The number of hydrogen-bond donors (Lipinski definition) is 1. The number of nitrogens with one attached hydrogen (secondary N) is 1. The second-order valence-corrected chi connectivity index (χ2v) is 9.17. The highest BCUT2D eigenvalue weighted by molar-refractivity contribution is 7.99. The maximum Gasteiger partial charge on any atom is 0.235 e. The first-order valence-electron chi connectivity index (χ1n) is 9.85. The molecule has 1 amide bonds. The number of thioether (sulfide) groups is 1. The Morgan fingerprint density at radius 3 is 2.56 bits per heavy atom. The van der Waals surface area contributed by atoms with Crippen LogP contribution in [0.4, 0.5) is 5.69 Å². The zero-order valence-corrected chi connectivity index (χ0v) is 17.1. The third-order valence-corrected chi connectivity index (χ3v) is 6.75. The molecule has 1 saturated carbocycles. The van der Waals surface area contributed by atoms with Gasteiger partial charge < -0.3 is 5.32 Å². The minimum atomic E-state index is -0.331. The van der Waals surface area contributed by atoms with Crippen LogP contribution >= 0.6 is 11.8 Å². The van der Waals surface area contributed by atoms with E-state index in [-0.39, 0.29) is 11.3 Å². The molecule has 2 aromatic rings. The molecular weight excluding hydrogens is 352 g/mol. The van der Waals surface area contributed by atoms with Gasteiger partial charge in [0.1, 0.15) is 0 Å². The molecule has 0 unspecified atom stereocenters. The number of anilines is 1. The number of aryl methyl sites for hydroxylation is 2. The van der Waals surface area contributed by atoms with E-state index in [4.69, 9.17) is 0 Å². The molecule has 0 radical (unpaired) electrons. The van der Waals surface area contributed by atoms with E-state index in [9.17, 15) is 4.79 Å². The van der Waals surface area contributed by atoms with Gasteiger partial charge in [-0.05, 0) is 49.4 Å². The Kier molecular flexibility index (Phi) is 5.29. The van der Waals surface area contributed by atoms with E-state index in [1.807, 2.05) is 11.8 Å². The molecule has 27 heavy (non-hydrogen) atoms. The second-order valence-electron chi connectivity index (χ2n) is 7.94. The number of carbonyl (C=O) groups excluding carboxylic acids is 1. The molecular formula is C23H28N2OS. The van der Waals surface area contributed by atoms with Crippen molar-refractivity contribution in [3.63, 3.8) is 0 Å². The standard InChI is InChI=1S/C23H28N2OS/c1-17-4-3-5-20(14-17)23(8-9-23)22(26)24-21-7-6-19(15-18(21)2)16-25-10-12-27-13-11-25/h3-7,14-15H,8-13,16H2,1-2H3,(H,24,26). The fourth-order valence-electron chi connectivity index (χ4n) is 3.94. The topological polar surface area (TPSA) is 32.3 Å². The molecule has 0 aromatic heterocycles. The summed E-state index contributed by atoms with van der Waals surface area (Å²) in [5.74, 6) is 2.60. The lowest BCUT2D eigenvalue weighted by Crippen LogP contribution is -2.32. The van der Waals surface area contributed by atoms with Crippen LogP contribution in [0.5, 0.6) is 0 Å². The summed E-state index contributed by atoms with van der Waals surface area (Å²) in [6.07, 6.45) is 1.87. The molecule has 142 valence electrons. The highest BCUT2D eigenvalue weighted by Gasteiger charge is 2.51. The summed E-state index contributed by atoms with van der Waals surface area (Å²) in [6, 6.07) is 14.8. The van der Waals surface area contributed by atoms with Crippen molar-refractivity contribution >= 4 is 23.4 Å². The molecule has 2 fully saturated rings. The van der Waals surface area contributed by atoms with Gasteiger partial charge >= 0.3 is 0 Å². The van der Waals surface area contributed by atoms with Gasteiger partial charge in [0.2, 0.25) is 5.91 Å². The van der Waals surface area contributed by atoms with E-state index in [1.165, 1.54) is 35.7 Å². The van der Waals surface area contributed by atoms with Crippen molar-refractivity contribution in [2.75, 3.05) is 29.9 Å². The zero-order valence-electron chi connectivity index (χ0n) is 16.3. The summed E-state index contributed by atoms with van der Waals surface area (Å²) in [4.78, 5) is 15.6. The van der Waals surface area contributed by atoms with E-state index < -0.39 is 0 Å². The number of nitrogens with zero attached hydrogens (tertiary/aromatic N) is 1. The molecule has 0 spiro atoms. The maximum absolute atomic E-state index is 13.0. The Balaban J connectivity index is 1.45. The summed E-state index contributed by atoms with van der Waals surface area (Å²) in [6.45, 7) is 7.52. The van der Waals surface area contributed by atoms with Gasteiger partial charge in [-0.2, -0.15) is 11.8 Å². The summed E-state index contributed by atoms with van der Waals surface area (Å²) >= 11 is 2.04. The van der Waals surface area contributed by atoms with Crippen LogP contribution in [0.15, 0.2) is 42.5 Å². The third kappa shape index (κ3) is 4.07. The number of rotatable bonds is 5. The normalized spacial score (nSPS) is 18.9. The van der Waals surface area contributed by atoms with Crippen LogP contribution in [0.1, 0.15) is 35.1 Å². The number of amides is 1. The number of hydrogen-bond acceptors (Lipinski definition) is 3. The minimum Gasteiger partial charge on any atom is -0.325 e. The van der Waals surface area contributed by atoms with Gasteiger partial charge in [-0.15, -0.1) is 0 Å². The van der Waals surface area contributed by atoms with Crippen LogP contribution in [0.25, 0.3) is 0 Å². The van der Waals surface area contributed by atoms with Crippen LogP contribution in [0, 0.1) is 13.8 Å². The molecule has 1 saturated heterocycles. The first kappa shape index (κ1) is 18.6. The van der Waals surface area contributed by atoms with Crippen LogP contribution in [-0.4, -0.2) is 35.4 Å². The summed E-state index contributed by atoms with van der Waals surface area (Å²) in [5, 5.41) is 3.21. The van der Waals surface area contributed by atoms with Gasteiger partial charge in [-0.1, -0.05) is 42.0 Å². The number of carbonyl (C=O) groups is 1. The summed E-state index contributed by atoms with van der Waals surface area (Å²) in [5.41, 5.74) is 5.45. The average Bonchev–Trinajstić information content (AvgIpc) is 3.47. The predicted molar refractivity (Wildman–Crippen MR) is 115 cm³/mol. The molecule has 4 rings (SSSR count). The fraction of sp³-hybridized carbons (Fsp3) is 0.435. The molecule has 1 aliphatic heterocycles. The fourth-order valence-corrected chi connectivity index (χ4v) is 4.92. The SMILES string of the molecule is Cc1cccc(C2(C(=O)Nc3ccc(CN4CCSCC4)cc3C)CC2)c1. The Hall–Kier alpha value is -1.78. The van der Waals surface area contributed by atoms with Crippen LogP contribution in [0.2, 0.25) is 0 Å². The van der Waals surface area contributed by atoms with Crippen LogP contribution in [0.3, 0.4) is 0 Å². The van der Waals surface area contributed by atoms with Crippen LogP contribution in [-0.2, 0) is 16.8 Å². The average molecular weight is 381 g/mol. The predicted octanol–water partition coefficient (Wildman–Crippen LogP) is 4.52.